The normalized spacial score (nSPS) is 27.4. The van der Waals surface area contributed by atoms with Crippen LogP contribution in [-0.4, -0.2) is 77.2 Å². The van der Waals surface area contributed by atoms with Gasteiger partial charge in [-0.1, -0.05) is 50.1 Å². The molecule has 1 aromatic carbocycles. The minimum Gasteiger partial charge on any atom is -0.481 e. The number of carbonyl (C=O) groups is 1. The summed E-state index contributed by atoms with van der Waals surface area (Å²) in [4.78, 5) is 24.0. The van der Waals surface area contributed by atoms with E-state index in [1.807, 2.05) is 12.4 Å². The number of rotatable bonds is 10. The molecule has 3 aliphatic rings. The minimum atomic E-state index is -0.636. The molecule has 1 saturated carbocycles. The average Bonchev–Trinajstić information content (AvgIpc) is 3.36. The van der Waals surface area contributed by atoms with Gasteiger partial charge in [0.15, 0.2) is 0 Å². The third kappa shape index (κ3) is 6.58. The molecular weight excluding hydrogens is 472 g/mol. The number of carboxylic acids is 1. The summed E-state index contributed by atoms with van der Waals surface area (Å²) in [6, 6.07) is 16.3. The highest BCUT2D eigenvalue weighted by molar-refractivity contribution is 5.67. The number of likely N-dealkylation sites (tertiary alicyclic amines) is 2. The number of piperidine rings is 1. The van der Waals surface area contributed by atoms with Gasteiger partial charge in [-0.15, -0.1) is 0 Å². The van der Waals surface area contributed by atoms with Crippen molar-refractivity contribution in [2.75, 3.05) is 44.2 Å². The van der Waals surface area contributed by atoms with E-state index >= 15 is 0 Å². The SMILES string of the molecule is CCCN(c1cccnc1)C1CCN(CC2CN(C3CCCCC3CC(=O)O)CC2c2ccccc2)CC1. The number of aromatic nitrogens is 1. The lowest BCUT2D eigenvalue weighted by Crippen LogP contribution is -2.47. The zero-order chi connectivity index (χ0) is 26.3. The molecule has 2 aromatic rings. The van der Waals surface area contributed by atoms with E-state index in [9.17, 15) is 9.90 Å². The second-order valence-corrected chi connectivity index (χ2v) is 11.9. The Labute approximate surface area is 229 Å². The van der Waals surface area contributed by atoms with Gasteiger partial charge >= 0.3 is 5.97 Å². The molecule has 4 unspecified atom stereocenters. The van der Waals surface area contributed by atoms with Crippen LogP contribution in [0.25, 0.3) is 0 Å². The maximum Gasteiger partial charge on any atom is 0.303 e. The quantitative estimate of drug-likeness (QED) is 0.448. The average molecular weight is 519 g/mol. The van der Waals surface area contributed by atoms with E-state index in [1.165, 1.54) is 36.9 Å². The van der Waals surface area contributed by atoms with Gasteiger partial charge in [0.2, 0.25) is 0 Å². The van der Waals surface area contributed by atoms with Crippen molar-refractivity contribution in [2.45, 2.75) is 76.3 Å². The van der Waals surface area contributed by atoms with Crippen LogP contribution in [0, 0.1) is 11.8 Å². The van der Waals surface area contributed by atoms with Crippen LogP contribution in [0.4, 0.5) is 5.69 Å². The van der Waals surface area contributed by atoms with Crippen molar-refractivity contribution in [3.8, 4) is 0 Å². The van der Waals surface area contributed by atoms with E-state index in [-0.39, 0.29) is 0 Å². The Kier molecular flexibility index (Phi) is 9.34. The van der Waals surface area contributed by atoms with Gasteiger partial charge in [-0.05, 0) is 61.6 Å². The lowest BCUT2D eigenvalue weighted by Gasteiger charge is -2.41. The highest BCUT2D eigenvalue weighted by Crippen LogP contribution is 2.40. The van der Waals surface area contributed by atoms with E-state index in [0.717, 1.165) is 58.5 Å². The van der Waals surface area contributed by atoms with Crippen molar-refractivity contribution in [1.29, 1.82) is 0 Å². The standard InChI is InChI=1S/C32H46N4O2/c1-2-17-36(29-12-8-16-33-21-29)28-14-18-34(19-15-28)22-27-23-35(24-30(27)25-9-4-3-5-10-25)31-13-7-6-11-26(31)20-32(37)38/h3-5,8-10,12,16,21,26-28,30-31H,2,6-7,11,13-15,17-20,22-24H2,1H3,(H,37,38). The third-order valence-electron chi connectivity index (χ3n) is 9.40. The van der Waals surface area contributed by atoms with Crippen LogP contribution in [0.15, 0.2) is 54.9 Å². The van der Waals surface area contributed by atoms with E-state index in [1.54, 1.807) is 0 Å². The second kappa shape index (κ2) is 13.1. The smallest absolute Gasteiger partial charge is 0.303 e. The number of aliphatic carboxylic acids is 1. The Hall–Kier alpha value is -2.44. The first kappa shape index (κ1) is 27.1. The maximum absolute atomic E-state index is 11.6. The van der Waals surface area contributed by atoms with Crippen molar-refractivity contribution in [3.05, 3.63) is 60.4 Å². The summed E-state index contributed by atoms with van der Waals surface area (Å²) < 4.78 is 0. The molecule has 5 rings (SSSR count). The van der Waals surface area contributed by atoms with Gasteiger partial charge in [-0.2, -0.15) is 0 Å². The fraction of sp³-hybridized carbons (Fsp3) is 0.625. The highest BCUT2D eigenvalue weighted by Gasteiger charge is 2.41. The fourth-order valence-electron chi connectivity index (χ4n) is 7.60. The molecule has 0 spiro atoms. The summed E-state index contributed by atoms with van der Waals surface area (Å²) in [5, 5.41) is 9.56. The lowest BCUT2D eigenvalue weighted by molar-refractivity contribution is -0.139. The van der Waals surface area contributed by atoms with Crippen molar-refractivity contribution in [1.82, 2.24) is 14.8 Å². The van der Waals surface area contributed by atoms with Gasteiger partial charge in [0.05, 0.1) is 11.9 Å². The molecule has 3 fully saturated rings. The Morgan fingerprint density at radius 2 is 1.79 bits per heavy atom. The van der Waals surface area contributed by atoms with Crippen LogP contribution in [0.2, 0.25) is 0 Å². The van der Waals surface area contributed by atoms with Crippen molar-refractivity contribution < 1.29 is 9.90 Å². The predicted octanol–water partition coefficient (Wildman–Crippen LogP) is 5.51. The van der Waals surface area contributed by atoms with Crippen LogP contribution in [-0.2, 0) is 4.79 Å². The molecule has 6 heteroatoms. The molecule has 6 nitrogen and oxygen atoms in total. The monoisotopic (exact) mass is 518 g/mol. The molecule has 1 aliphatic carbocycles. The van der Waals surface area contributed by atoms with E-state index in [0.29, 0.717) is 36.3 Å². The van der Waals surface area contributed by atoms with E-state index < -0.39 is 5.97 Å². The van der Waals surface area contributed by atoms with Gasteiger partial charge < -0.3 is 14.9 Å². The lowest BCUT2D eigenvalue weighted by atomic mass is 9.81. The Morgan fingerprint density at radius 3 is 2.50 bits per heavy atom. The van der Waals surface area contributed by atoms with Crippen LogP contribution in [0.1, 0.15) is 69.8 Å². The molecule has 0 bridgehead atoms. The summed E-state index contributed by atoms with van der Waals surface area (Å²) in [5.41, 5.74) is 2.71. The van der Waals surface area contributed by atoms with Crippen molar-refractivity contribution in [3.63, 3.8) is 0 Å². The van der Waals surface area contributed by atoms with Crippen LogP contribution in [0.3, 0.4) is 0 Å². The number of carboxylic acid groups (broad SMARTS) is 1. The first-order chi connectivity index (χ1) is 18.6. The summed E-state index contributed by atoms with van der Waals surface area (Å²) >= 11 is 0. The molecule has 2 saturated heterocycles. The number of pyridine rings is 1. The summed E-state index contributed by atoms with van der Waals surface area (Å²) in [7, 11) is 0. The first-order valence-electron chi connectivity index (χ1n) is 15.0. The fourth-order valence-corrected chi connectivity index (χ4v) is 7.60. The molecule has 1 N–H and O–H groups in total. The summed E-state index contributed by atoms with van der Waals surface area (Å²) in [6.45, 7) is 8.95. The topological polar surface area (TPSA) is 59.9 Å². The zero-order valence-electron chi connectivity index (χ0n) is 23.1. The first-order valence-corrected chi connectivity index (χ1v) is 15.0. The maximum atomic E-state index is 11.6. The molecular formula is C32H46N4O2. The number of nitrogens with zero attached hydrogens (tertiary/aromatic N) is 4. The van der Waals surface area contributed by atoms with Gasteiger partial charge in [0.1, 0.15) is 0 Å². The van der Waals surface area contributed by atoms with E-state index in [4.69, 9.17) is 0 Å². The van der Waals surface area contributed by atoms with E-state index in [2.05, 4.69) is 69.1 Å². The zero-order valence-corrected chi connectivity index (χ0v) is 23.1. The third-order valence-corrected chi connectivity index (χ3v) is 9.40. The van der Waals surface area contributed by atoms with Gasteiger partial charge in [-0.25, -0.2) is 0 Å². The Balaban J connectivity index is 1.25. The van der Waals surface area contributed by atoms with Crippen LogP contribution < -0.4 is 4.90 Å². The van der Waals surface area contributed by atoms with Gasteiger partial charge in [0.25, 0.3) is 0 Å². The van der Waals surface area contributed by atoms with Crippen molar-refractivity contribution >= 4 is 11.7 Å². The largest absolute Gasteiger partial charge is 0.481 e. The highest BCUT2D eigenvalue weighted by atomic mass is 16.4. The number of hydrogen-bond acceptors (Lipinski definition) is 5. The molecule has 206 valence electrons. The second-order valence-electron chi connectivity index (χ2n) is 11.9. The summed E-state index contributed by atoms with van der Waals surface area (Å²) in [5.74, 6) is 0.771. The van der Waals surface area contributed by atoms with Crippen LogP contribution in [0.5, 0.6) is 0 Å². The predicted molar refractivity (Wildman–Crippen MR) is 154 cm³/mol. The molecule has 2 aliphatic heterocycles. The molecule has 3 heterocycles. The molecule has 4 atom stereocenters. The molecule has 1 aromatic heterocycles. The Morgan fingerprint density at radius 1 is 1.00 bits per heavy atom. The summed E-state index contributed by atoms with van der Waals surface area (Å²) in [6.07, 6.45) is 12.4. The van der Waals surface area contributed by atoms with Gasteiger partial charge in [0, 0.05) is 69.9 Å². The van der Waals surface area contributed by atoms with Crippen molar-refractivity contribution in [2.24, 2.45) is 11.8 Å². The molecule has 0 radical (unpaired) electrons. The minimum absolute atomic E-state index is 0.296. The number of benzene rings is 1. The number of hydrogen-bond donors (Lipinski definition) is 1. The number of anilines is 1. The molecule has 0 amide bonds. The molecule has 38 heavy (non-hydrogen) atoms. The van der Waals surface area contributed by atoms with Gasteiger partial charge in [-0.3, -0.25) is 14.7 Å². The van der Waals surface area contributed by atoms with Crippen LogP contribution >= 0.6 is 0 Å². The Bertz CT molecular complexity index is 995.